The molecule has 0 aromatic heterocycles. The summed E-state index contributed by atoms with van der Waals surface area (Å²) in [6.45, 7) is 0. The Morgan fingerprint density at radius 3 is 2.25 bits per heavy atom. The van der Waals surface area contributed by atoms with Crippen LogP contribution in [0.25, 0.3) is 0 Å². The Balaban J connectivity index is 1.88. The molecule has 1 spiro atoms. The molecule has 2 aliphatic rings. The monoisotopic (exact) mass is 186 g/mol. The molecular formula is C10H15ClO. The maximum atomic E-state index is 10.8. The van der Waals surface area contributed by atoms with Crippen LogP contribution in [0.3, 0.4) is 0 Å². The predicted molar refractivity (Wildman–Crippen MR) is 49.1 cm³/mol. The van der Waals surface area contributed by atoms with Crippen LogP contribution in [0.15, 0.2) is 0 Å². The van der Waals surface area contributed by atoms with Gasteiger partial charge < -0.3 is 0 Å². The van der Waals surface area contributed by atoms with Crippen molar-refractivity contribution in [3.8, 4) is 0 Å². The summed E-state index contributed by atoms with van der Waals surface area (Å²) in [5, 5.41) is -0.105. The van der Waals surface area contributed by atoms with Crippen molar-refractivity contribution in [1.29, 1.82) is 0 Å². The predicted octanol–water partition coefficient (Wildman–Crippen LogP) is 3.11. The average molecular weight is 187 g/mol. The van der Waals surface area contributed by atoms with Crippen LogP contribution in [0.5, 0.6) is 0 Å². The molecule has 2 saturated carbocycles. The van der Waals surface area contributed by atoms with Gasteiger partial charge in [-0.2, -0.15) is 0 Å². The standard InChI is InChI=1S/C10H15ClO/c11-9(12)8-6-10(7-8)4-2-1-3-5-10/h8H,1-7H2. The van der Waals surface area contributed by atoms with Gasteiger partial charge in [0.1, 0.15) is 0 Å². The third kappa shape index (κ3) is 1.39. The molecule has 2 aliphatic carbocycles. The number of carbonyl (C=O) groups excluding carboxylic acids is 1. The SMILES string of the molecule is O=C(Cl)C1CC2(CCCCC2)C1. The van der Waals surface area contributed by atoms with Crippen molar-refractivity contribution in [1.82, 2.24) is 0 Å². The van der Waals surface area contributed by atoms with E-state index in [1.165, 1.54) is 32.1 Å². The van der Waals surface area contributed by atoms with Crippen LogP contribution in [-0.2, 0) is 4.79 Å². The Labute approximate surface area is 78.5 Å². The number of hydrogen-bond donors (Lipinski definition) is 0. The third-order valence-electron chi connectivity index (χ3n) is 3.59. The van der Waals surface area contributed by atoms with Gasteiger partial charge in [0.2, 0.25) is 5.24 Å². The fraction of sp³-hybridized carbons (Fsp3) is 0.900. The van der Waals surface area contributed by atoms with Crippen LogP contribution in [0.2, 0.25) is 0 Å². The van der Waals surface area contributed by atoms with Crippen LogP contribution >= 0.6 is 11.6 Å². The maximum Gasteiger partial charge on any atom is 0.224 e. The lowest BCUT2D eigenvalue weighted by Gasteiger charge is -2.49. The van der Waals surface area contributed by atoms with E-state index >= 15 is 0 Å². The molecule has 68 valence electrons. The Kier molecular flexibility index (Phi) is 2.16. The van der Waals surface area contributed by atoms with Crippen LogP contribution in [0.4, 0.5) is 0 Å². The van der Waals surface area contributed by atoms with Gasteiger partial charge >= 0.3 is 0 Å². The zero-order chi connectivity index (χ0) is 8.60. The smallest absolute Gasteiger partial charge is 0.224 e. The quantitative estimate of drug-likeness (QED) is 0.576. The topological polar surface area (TPSA) is 17.1 Å². The molecule has 2 heteroatoms. The number of carbonyl (C=O) groups is 1. The second-order valence-electron chi connectivity index (χ2n) is 4.47. The molecule has 0 aromatic rings. The van der Waals surface area contributed by atoms with E-state index in [0.717, 1.165) is 12.8 Å². The van der Waals surface area contributed by atoms with Gasteiger partial charge in [-0.15, -0.1) is 0 Å². The van der Waals surface area contributed by atoms with Gasteiger partial charge in [0.25, 0.3) is 0 Å². The van der Waals surface area contributed by atoms with Crippen LogP contribution in [0, 0.1) is 11.3 Å². The lowest BCUT2D eigenvalue weighted by molar-refractivity contribution is -0.123. The molecule has 2 rings (SSSR count). The maximum absolute atomic E-state index is 10.8. The highest BCUT2D eigenvalue weighted by molar-refractivity contribution is 6.64. The molecule has 0 bridgehead atoms. The van der Waals surface area contributed by atoms with E-state index < -0.39 is 0 Å². The minimum absolute atomic E-state index is 0.105. The van der Waals surface area contributed by atoms with Gasteiger partial charge in [-0.1, -0.05) is 19.3 Å². The molecule has 0 unspecified atom stereocenters. The lowest BCUT2D eigenvalue weighted by Crippen LogP contribution is -2.41. The van der Waals surface area contributed by atoms with Crippen LogP contribution < -0.4 is 0 Å². The minimum Gasteiger partial charge on any atom is -0.281 e. The highest BCUT2D eigenvalue weighted by atomic mass is 35.5. The molecule has 0 heterocycles. The Morgan fingerprint density at radius 1 is 1.17 bits per heavy atom. The molecule has 1 nitrogen and oxygen atoms in total. The van der Waals surface area contributed by atoms with Gasteiger partial charge in [0, 0.05) is 5.92 Å². The van der Waals surface area contributed by atoms with Crippen molar-refractivity contribution < 1.29 is 4.79 Å². The molecular weight excluding hydrogens is 172 g/mol. The van der Waals surface area contributed by atoms with E-state index in [4.69, 9.17) is 11.6 Å². The molecule has 0 radical (unpaired) electrons. The second kappa shape index (κ2) is 3.02. The summed E-state index contributed by atoms with van der Waals surface area (Å²) in [6.07, 6.45) is 8.96. The highest BCUT2D eigenvalue weighted by Crippen LogP contribution is 2.55. The Bertz CT molecular complexity index is 186. The van der Waals surface area contributed by atoms with Gasteiger partial charge in [-0.3, -0.25) is 4.79 Å². The summed E-state index contributed by atoms with van der Waals surface area (Å²) in [5.74, 6) is 0.199. The van der Waals surface area contributed by atoms with Crippen molar-refractivity contribution in [3.63, 3.8) is 0 Å². The highest BCUT2D eigenvalue weighted by Gasteiger charge is 2.46. The summed E-state index contributed by atoms with van der Waals surface area (Å²) < 4.78 is 0. The summed E-state index contributed by atoms with van der Waals surface area (Å²) in [4.78, 5) is 10.8. The van der Waals surface area contributed by atoms with Crippen LogP contribution in [-0.4, -0.2) is 5.24 Å². The van der Waals surface area contributed by atoms with E-state index in [9.17, 15) is 4.79 Å². The average Bonchev–Trinajstić information content (AvgIpc) is 2.01. The molecule has 12 heavy (non-hydrogen) atoms. The molecule has 0 aliphatic heterocycles. The molecule has 2 fully saturated rings. The van der Waals surface area contributed by atoms with E-state index in [1.807, 2.05) is 0 Å². The third-order valence-corrected chi connectivity index (χ3v) is 3.90. The second-order valence-corrected chi connectivity index (χ2v) is 4.84. The fourth-order valence-electron chi connectivity index (χ4n) is 2.86. The molecule has 0 amide bonds. The molecule has 0 aromatic carbocycles. The number of hydrogen-bond acceptors (Lipinski definition) is 1. The van der Waals surface area contributed by atoms with Crippen molar-refractivity contribution in [2.24, 2.45) is 11.3 Å². The fourth-order valence-corrected chi connectivity index (χ4v) is 3.01. The van der Waals surface area contributed by atoms with Crippen LogP contribution in [0.1, 0.15) is 44.9 Å². The largest absolute Gasteiger partial charge is 0.281 e. The van der Waals surface area contributed by atoms with Crippen molar-refractivity contribution in [2.75, 3.05) is 0 Å². The first-order chi connectivity index (χ1) is 5.72. The normalized spacial score (nSPS) is 28.4. The number of rotatable bonds is 1. The zero-order valence-electron chi connectivity index (χ0n) is 7.31. The molecule has 0 atom stereocenters. The zero-order valence-corrected chi connectivity index (χ0v) is 8.07. The van der Waals surface area contributed by atoms with Gasteiger partial charge in [0.15, 0.2) is 0 Å². The number of halogens is 1. The molecule has 0 N–H and O–H groups in total. The van der Waals surface area contributed by atoms with E-state index in [1.54, 1.807) is 0 Å². The van der Waals surface area contributed by atoms with E-state index in [2.05, 4.69) is 0 Å². The van der Waals surface area contributed by atoms with Crippen molar-refractivity contribution in [3.05, 3.63) is 0 Å². The van der Waals surface area contributed by atoms with Crippen molar-refractivity contribution >= 4 is 16.8 Å². The van der Waals surface area contributed by atoms with E-state index in [0.29, 0.717) is 5.41 Å². The van der Waals surface area contributed by atoms with Crippen molar-refractivity contribution in [2.45, 2.75) is 44.9 Å². The Hall–Kier alpha value is -0.0400. The summed E-state index contributed by atoms with van der Waals surface area (Å²) in [7, 11) is 0. The summed E-state index contributed by atoms with van der Waals surface area (Å²) >= 11 is 5.44. The first-order valence-corrected chi connectivity index (χ1v) is 5.29. The van der Waals surface area contributed by atoms with Gasteiger partial charge in [-0.25, -0.2) is 0 Å². The molecule has 0 saturated heterocycles. The van der Waals surface area contributed by atoms with E-state index in [-0.39, 0.29) is 11.2 Å². The summed E-state index contributed by atoms with van der Waals surface area (Å²) in [5.41, 5.74) is 0.549. The first-order valence-electron chi connectivity index (χ1n) is 4.91. The lowest BCUT2D eigenvalue weighted by atomic mass is 9.56. The Morgan fingerprint density at radius 2 is 1.75 bits per heavy atom. The first kappa shape index (κ1) is 8.55. The van der Waals surface area contributed by atoms with Gasteiger partial charge in [-0.05, 0) is 42.7 Å². The minimum atomic E-state index is -0.105. The summed E-state index contributed by atoms with van der Waals surface area (Å²) in [6, 6.07) is 0. The van der Waals surface area contributed by atoms with Gasteiger partial charge in [0.05, 0.1) is 0 Å².